The van der Waals surface area contributed by atoms with Crippen LogP contribution in [0.1, 0.15) is 37.8 Å². The molecule has 19 heavy (non-hydrogen) atoms. The molecule has 0 aromatic heterocycles. The van der Waals surface area contributed by atoms with Crippen LogP contribution in [0.5, 0.6) is 0 Å². The van der Waals surface area contributed by atoms with Crippen molar-refractivity contribution in [1.29, 1.82) is 0 Å². The molecule has 0 amide bonds. The van der Waals surface area contributed by atoms with Crippen molar-refractivity contribution in [3.8, 4) is 0 Å². The van der Waals surface area contributed by atoms with Crippen molar-refractivity contribution < 1.29 is 0 Å². The van der Waals surface area contributed by atoms with Gasteiger partial charge in [0.05, 0.1) is 0 Å². The lowest BCUT2D eigenvalue weighted by Gasteiger charge is -2.17. The molecule has 2 rings (SSSR count). The lowest BCUT2D eigenvalue weighted by Crippen LogP contribution is -2.21. The number of nitrogens with one attached hydrogen (secondary N) is 1. The fourth-order valence-electron chi connectivity index (χ4n) is 2.68. The smallest absolute Gasteiger partial charge is 0.0230 e. The number of rotatable bonds is 8. The van der Waals surface area contributed by atoms with Gasteiger partial charge in [0.15, 0.2) is 0 Å². The summed E-state index contributed by atoms with van der Waals surface area (Å²) in [5.74, 6) is 1.89. The van der Waals surface area contributed by atoms with Crippen molar-refractivity contribution in [2.75, 3.05) is 20.1 Å². The van der Waals surface area contributed by atoms with Crippen LogP contribution in [0.25, 0.3) is 0 Å². The van der Waals surface area contributed by atoms with Crippen LogP contribution in [0.15, 0.2) is 24.3 Å². The summed E-state index contributed by atoms with van der Waals surface area (Å²) < 4.78 is 0. The maximum Gasteiger partial charge on any atom is 0.0230 e. The Kier molecular flexibility index (Phi) is 5.41. The van der Waals surface area contributed by atoms with Crippen LogP contribution in [0.2, 0.25) is 0 Å². The van der Waals surface area contributed by atoms with Gasteiger partial charge in [-0.2, -0.15) is 0 Å². The van der Waals surface area contributed by atoms with Crippen LogP contribution in [0.4, 0.5) is 0 Å². The highest BCUT2D eigenvalue weighted by Crippen LogP contribution is 2.38. The van der Waals surface area contributed by atoms with Gasteiger partial charge in [0, 0.05) is 19.6 Å². The monoisotopic (exact) mass is 260 g/mol. The molecule has 1 fully saturated rings. The van der Waals surface area contributed by atoms with E-state index in [1.807, 2.05) is 0 Å². The second-order valence-electron chi connectivity index (χ2n) is 6.17. The Morgan fingerprint density at radius 3 is 2.74 bits per heavy atom. The molecular formula is C17H28N2. The molecule has 2 unspecified atom stereocenters. The minimum atomic E-state index is 0.944. The van der Waals surface area contributed by atoms with Gasteiger partial charge >= 0.3 is 0 Å². The number of hydrogen-bond acceptors (Lipinski definition) is 2. The summed E-state index contributed by atoms with van der Waals surface area (Å²) in [5, 5.41) is 3.47. The Morgan fingerprint density at radius 1 is 1.32 bits per heavy atom. The summed E-state index contributed by atoms with van der Waals surface area (Å²) in [6.07, 6.45) is 2.62. The van der Waals surface area contributed by atoms with Gasteiger partial charge in [0.25, 0.3) is 0 Å². The zero-order valence-corrected chi connectivity index (χ0v) is 12.7. The molecule has 2 nitrogen and oxygen atoms in total. The SMILES string of the molecule is CCCNCc1cccc(CN(C)CC2CC2C)c1. The third-order valence-electron chi connectivity index (χ3n) is 4.02. The predicted octanol–water partition coefficient (Wildman–Crippen LogP) is 3.27. The van der Waals surface area contributed by atoms with E-state index in [-0.39, 0.29) is 0 Å². The Bertz CT molecular complexity index is 389. The van der Waals surface area contributed by atoms with E-state index in [9.17, 15) is 0 Å². The van der Waals surface area contributed by atoms with Crippen LogP contribution >= 0.6 is 0 Å². The quantitative estimate of drug-likeness (QED) is 0.722. The highest BCUT2D eigenvalue weighted by atomic mass is 15.1. The van der Waals surface area contributed by atoms with E-state index in [2.05, 4.69) is 55.4 Å². The zero-order chi connectivity index (χ0) is 13.7. The first-order valence-corrected chi connectivity index (χ1v) is 7.66. The van der Waals surface area contributed by atoms with Gasteiger partial charge in [0.1, 0.15) is 0 Å². The molecule has 0 saturated heterocycles. The van der Waals surface area contributed by atoms with Crippen LogP contribution in [0.3, 0.4) is 0 Å². The lowest BCUT2D eigenvalue weighted by molar-refractivity contribution is 0.307. The molecule has 0 heterocycles. The molecule has 0 bridgehead atoms. The van der Waals surface area contributed by atoms with Gasteiger partial charge < -0.3 is 10.2 Å². The Hall–Kier alpha value is -0.860. The third kappa shape index (κ3) is 4.96. The molecule has 0 aliphatic heterocycles. The first-order valence-electron chi connectivity index (χ1n) is 7.66. The van der Waals surface area contributed by atoms with E-state index >= 15 is 0 Å². The van der Waals surface area contributed by atoms with E-state index in [1.54, 1.807) is 0 Å². The standard InChI is InChI=1S/C17H28N2/c1-4-8-18-11-15-6-5-7-16(10-15)12-19(3)13-17-9-14(17)2/h5-7,10,14,17-18H,4,8-9,11-13H2,1-3H3. The van der Waals surface area contributed by atoms with E-state index in [0.717, 1.165) is 31.5 Å². The van der Waals surface area contributed by atoms with Gasteiger partial charge in [-0.15, -0.1) is 0 Å². The molecule has 106 valence electrons. The lowest BCUT2D eigenvalue weighted by atomic mass is 10.1. The molecule has 2 heteroatoms. The predicted molar refractivity (Wildman–Crippen MR) is 82.0 cm³/mol. The van der Waals surface area contributed by atoms with Crippen molar-refractivity contribution in [2.45, 2.75) is 39.8 Å². The molecule has 1 aliphatic carbocycles. The van der Waals surface area contributed by atoms with Gasteiger partial charge in [-0.1, -0.05) is 38.1 Å². The molecule has 1 saturated carbocycles. The van der Waals surface area contributed by atoms with Gasteiger partial charge in [-0.3, -0.25) is 0 Å². The van der Waals surface area contributed by atoms with Crippen LogP contribution in [0, 0.1) is 11.8 Å². The molecule has 0 spiro atoms. The van der Waals surface area contributed by atoms with Crippen molar-refractivity contribution in [3.63, 3.8) is 0 Å². The van der Waals surface area contributed by atoms with E-state index in [1.165, 1.54) is 30.5 Å². The Morgan fingerprint density at radius 2 is 2.05 bits per heavy atom. The highest BCUT2D eigenvalue weighted by molar-refractivity contribution is 5.23. The topological polar surface area (TPSA) is 15.3 Å². The molecular weight excluding hydrogens is 232 g/mol. The van der Waals surface area contributed by atoms with Crippen molar-refractivity contribution in [2.24, 2.45) is 11.8 Å². The summed E-state index contributed by atoms with van der Waals surface area (Å²) >= 11 is 0. The third-order valence-corrected chi connectivity index (χ3v) is 4.02. The largest absolute Gasteiger partial charge is 0.313 e. The summed E-state index contributed by atoms with van der Waals surface area (Å²) in [4.78, 5) is 2.47. The average Bonchev–Trinajstić information content (AvgIpc) is 3.05. The number of hydrogen-bond donors (Lipinski definition) is 1. The second-order valence-corrected chi connectivity index (χ2v) is 6.17. The van der Waals surface area contributed by atoms with Crippen molar-refractivity contribution in [1.82, 2.24) is 10.2 Å². The molecule has 2 atom stereocenters. The summed E-state index contributed by atoms with van der Waals surface area (Å²) in [6.45, 7) is 8.98. The molecule has 1 aromatic rings. The summed E-state index contributed by atoms with van der Waals surface area (Å²) in [7, 11) is 2.24. The molecule has 1 aliphatic rings. The Labute approximate surface area is 118 Å². The average molecular weight is 260 g/mol. The first kappa shape index (κ1) is 14.5. The Balaban J connectivity index is 1.80. The summed E-state index contributed by atoms with van der Waals surface area (Å²) in [5.41, 5.74) is 2.84. The maximum absolute atomic E-state index is 3.47. The molecule has 1 N–H and O–H groups in total. The fraction of sp³-hybridized carbons (Fsp3) is 0.647. The van der Waals surface area contributed by atoms with E-state index in [0.29, 0.717) is 0 Å². The van der Waals surface area contributed by atoms with Crippen LogP contribution in [-0.2, 0) is 13.1 Å². The van der Waals surface area contributed by atoms with E-state index < -0.39 is 0 Å². The van der Waals surface area contributed by atoms with Gasteiger partial charge in [0.2, 0.25) is 0 Å². The zero-order valence-electron chi connectivity index (χ0n) is 12.7. The number of benzene rings is 1. The molecule has 0 radical (unpaired) electrons. The first-order chi connectivity index (χ1) is 9.19. The maximum atomic E-state index is 3.47. The van der Waals surface area contributed by atoms with Crippen LogP contribution < -0.4 is 5.32 Å². The number of nitrogens with zero attached hydrogens (tertiary/aromatic N) is 1. The van der Waals surface area contributed by atoms with Gasteiger partial charge in [-0.05, 0) is 49.4 Å². The summed E-state index contributed by atoms with van der Waals surface area (Å²) in [6, 6.07) is 8.99. The molecule has 1 aromatic carbocycles. The van der Waals surface area contributed by atoms with E-state index in [4.69, 9.17) is 0 Å². The normalized spacial score (nSPS) is 21.9. The highest BCUT2D eigenvalue weighted by Gasteiger charge is 2.32. The van der Waals surface area contributed by atoms with Crippen molar-refractivity contribution >= 4 is 0 Å². The van der Waals surface area contributed by atoms with Crippen molar-refractivity contribution in [3.05, 3.63) is 35.4 Å². The second kappa shape index (κ2) is 7.06. The van der Waals surface area contributed by atoms with Gasteiger partial charge in [-0.25, -0.2) is 0 Å². The fourth-order valence-corrected chi connectivity index (χ4v) is 2.68. The van der Waals surface area contributed by atoms with Crippen LogP contribution in [-0.4, -0.2) is 25.0 Å². The minimum Gasteiger partial charge on any atom is -0.313 e. The minimum absolute atomic E-state index is 0.944.